The molecule has 0 saturated heterocycles. The van der Waals surface area contributed by atoms with Gasteiger partial charge in [0.2, 0.25) is 11.7 Å². The molecular weight excluding hydrogens is 414 g/mol. The van der Waals surface area contributed by atoms with E-state index in [0.717, 1.165) is 10.6 Å². The Morgan fingerprint density at radius 3 is 2.55 bits per heavy atom. The number of hydrogen-bond donors (Lipinski definition) is 2. The predicted molar refractivity (Wildman–Crippen MR) is 113 cm³/mol. The molecule has 1 amide bonds. The largest absolute Gasteiger partial charge is 0.493 e. The third-order valence-electron chi connectivity index (χ3n) is 4.26. The minimum atomic E-state index is -0.230. The van der Waals surface area contributed by atoms with Gasteiger partial charge in [-0.2, -0.15) is 5.10 Å². The second-order valence-electron chi connectivity index (χ2n) is 6.06. The first-order valence-corrected chi connectivity index (χ1v) is 9.79. The van der Waals surface area contributed by atoms with Crippen LogP contribution in [-0.4, -0.2) is 47.0 Å². The van der Waals surface area contributed by atoms with E-state index in [4.69, 9.17) is 26.4 Å². The van der Waals surface area contributed by atoms with Gasteiger partial charge in [-0.1, -0.05) is 17.4 Å². The Labute approximate surface area is 176 Å². The molecule has 9 nitrogen and oxygen atoms in total. The van der Waals surface area contributed by atoms with Crippen molar-refractivity contribution in [2.45, 2.75) is 13.3 Å². The first kappa shape index (κ1) is 20.8. The molecule has 29 heavy (non-hydrogen) atoms. The van der Waals surface area contributed by atoms with Crippen LogP contribution in [0.3, 0.4) is 0 Å². The van der Waals surface area contributed by atoms with Gasteiger partial charge in [-0.25, -0.2) is 4.98 Å². The van der Waals surface area contributed by atoms with Gasteiger partial charge in [-0.15, -0.1) is 0 Å². The summed E-state index contributed by atoms with van der Waals surface area (Å²) in [5.74, 6) is 1.87. The zero-order chi connectivity index (χ0) is 21.1. The number of anilines is 1. The summed E-state index contributed by atoms with van der Waals surface area (Å²) >= 11 is 6.49. The van der Waals surface area contributed by atoms with Crippen molar-refractivity contribution in [3.63, 3.8) is 0 Å². The van der Waals surface area contributed by atoms with E-state index in [1.54, 1.807) is 23.8 Å². The molecule has 2 heterocycles. The number of thiazole rings is 1. The maximum atomic E-state index is 12.6. The van der Waals surface area contributed by atoms with Crippen molar-refractivity contribution < 1.29 is 19.0 Å². The van der Waals surface area contributed by atoms with Crippen molar-refractivity contribution in [3.8, 4) is 28.0 Å². The van der Waals surface area contributed by atoms with Crippen LogP contribution in [0.15, 0.2) is 12.1 Å². The Morgan fingerprint density at radius 1 is 1.24 bits per heavy atom. The minimum absolute atomic E-state index is 0.0873. The Morgan fingerprint density at radius 2 is 1.97 bits per heavy atom. The van der Waals surface area contributed by atoms with Gasteiger partial charge in [-0.05, 0) is 25.2 Å². The summed E-state index contributed by atoms with van der Waals surface area (Å²) < 4.78 is 18.3. The molecule has 0 atom stereocenters. The first-order chi connectivity index (χ1) is 13.9. The molecule has 0 aliphatic heterocycles. The number of H-pyrrole nitrogens is 1. The normalized spacial score (nSPS) is 10.7. The highest BCUT2D eigenvalue weighted by Crippen LogP contribution is 2.40. The molecule has 3 aromatic rings. The quantitative estimate of drug-likeness (QED) is 0.550. The third kappa shape index (κ3) is 4.10. The molecule has 0 bridgehead atoms. The first-order valence-electron chi connectivity index (χ1n) is 8.56. The second kappa shape index (κ2) is 8.62. The summed E-state index contributed by atoms with van der Waals surface area (Å²) in [6, 6.07) is 3.51. The van der Waals surface area contributed by atoms with E-state index in [2.05, 4.69) is 20.5 Å². The Hall–Kier alpha value is -2.92. The number of rotatable bonds is 7. The molecule has 154 valence electrons. The van der Waals surface area contributed by atoms with Crippen LogP contribution in [0.1, 0.15) is 11.3 Å². The number of aromatic amines is 1. The number of carbonyl (C=O) groups excluding carboxylic acids is 1. The molecule has 0 saturated carbocycles. The van der Waals surface area contributed by atoms with Crippen LogP contribution in [0.5, 0.6) is 17.2 Å². The number of ether oxygens (including phenoxy) is 3. The molecule has 0 spiro atoms. The fourth-order valence-electron chi connectivity index (χ4n) is 2.85. The molecule has 2 N–H and O–H groups in total. The number of carbonyl (C=O) groups is 1. The van der Waals surface area contributed by atoms with Crippen LogP contribution in [0, 0.1) is 11.7 Å². The average molecular weight is 436 g/mol. The van der Waals surface area contributed by atoms with Crippen LogP contribution in [-0.2, 0) is 18.3 Å². The summed E-state index contributed by atoms with van der Waals surface area (Å²) in [5.41, 5.74) is 1.43. The number of aryl methyl sites for hydroxylation is 1. The smallest absolute Gasteiger partial charge is 0.230 e. The van der Waals surface area contributed by atoms with Crippen LogP contribution in [0.4, 0.5) is 5.13 Å². The van der Waals surface area contributed by atoms with E-state index >= 15 is 0 Å². The van der Waals surface area contributed by atoms with Gasteiger partial charge in [0, 0.05) is 12.6 Å². The molecule has 3 rings (SSSR count). The van der Waals surface area contributed by atoms with E-state index < -0.39 is 0 Å². The van der Waals surface area contributed by atoms with Crippen molar-refractivity contribution in [2.75, 3.05) is 26.6 Å². The van der Waals surface area contributed by atoms with Gasteiger partial charge >= 0.3 is 0 Å². The van der Waals surface area contributed by atoms with Gasteiger partial charge in [0.05, 0.1) is 38.3 Å². The van der Waals surface area contributed by atoms with Crippen LogP contribution < -0.4 is 19.5 Å². The molecule has 0 aliphatic carbocycles. The van der Waals surface area contributed by atoms with Gasteiger partial charge in [0.1, 0.15) is 0 Å². The van der Waals surface area contributed by atoms with E-state index in [1.807, 2.05) is 14.0 Å². The number of methoxy groups -OCH3 is 3. The van der Waals surface area contributed by atoms with Crippen molar-refractivity contribution in [1.82, 2.24) is 19.7 Å². The van der Waals surface area contributed by atoms with Gasteiger partial charge in [0.15, 0.2) is 27.2 Å². The maximum absolute atomic E-state index is 12.6. The van der Waals surface area contributed by atoms with Gasteiger partial charge < -0.3 is 24.1 Å². The topological polar surface area (TPSA) is 103 Å². The van der Waals surface area contributed by atoms with Crippen LogP contribution in [0.2, 0.25) is 0 Å². The summed E-state index contributed by atoms with van der Waals surface area (Å²) in [7, 11) is 6.40. The summed E-state index contributed by atoms with van der Waals surface area (Å²) in [6.07, 6.45) is 0.0873. The summed E-state index contributed by atoms with van der Waals surface area (Å²) in [6.45, 7) is 1.86. The van der Waals surface area contributed by atoms with Gasteiger partial charge in [0.25, 0.3) is 0 Å². The number of aromatic nitrogens is 4. The molecule has 0 aliphatic rings. The lowest BCUT2D eigenvalue weighted by molar-refractivity contribution is -0.115. The molecule has 11 heteroatoms. The van der Waals surface area contributed by atoms with Crippen molar-refractivity contribution in [3.05, 3.63) is 28.2 Å². The van der Waals surface area contributed by atoms with Gasteiger partial charge in [-0.3, -0.25) is 9.89 Å². The molecule has 0 unspecified atom stereocenters. The van der Waals surface area contributed by atoms with E-state index in [0.29, 0.717) is 38.5 Å². The second-order valence-corrected chi connectivity index (χ2v) is 7.45. The number of benzene rings is 1. The standard InChI is InChI=1S/C18H21N5O4S2/c1-9-15(16-21-22-18(28)23(16)2)29-17(19-9)20-12(24)8-10-6-7-11(25-3)14(27-5)13(10)26-4/h6-7H,8H2,1-5H3,(H,22,28)(H,19,20,24). The Kier molecular flexibility index (Phi) is 6.18. The highest BCUT2D eigenvalue weighted by molar-refractivity contribution is 7.71. The lowest BCUT2D eigenvalue weighted by Crippen LogP contribution is -2.15. The number of nitrogens with one attached hydrogen (secondary N) is 2. The molecule has 0 radical (unpaired) electrons. The number of hydrogen-bond acceptors (Lipinski definition) is 8. The van der Waals surface area contributed by atoms with E-state index in [1.165, 1.54) is 25.6 Å². The maximum Gasteiger partial charge on any atom is 0.230 e. The third-order valence-corrected chi connectivity index (χ3v) is 5.70. The Balaban J connectivity index is 1.81. The van der Waals surface area contributed by atoms with Crippen molar-refractivity contribution >= 4 is 34.6 Å². The van der Waals surface area contributed by atoms with Crippen LogP contribution in [0.25, 0.3) is 10.7 Å². The van der Waals surface area contributed by atoms with E-state index in [-0.39, 0.29) is 12.3 Å². The Bertz CT molecular complexity index is 1100. The van der Waals surface area contributed by atoms with Crippen molar-refractivity contribution in [2.24, 2.45) is 7.05 Å². The zero-order valence-corrected chi connectivity index (χ0v) is 18.3. The predicted octanol–water partition coefficient (Wildman–Crippen LogP) is 3.12. The fourth-order valence-corrected chi connectivity index (χ4v) is 3.99. The van der Waals surface area contributed by atoms with Crippen LogP contribution >= 0.6 is 23.6 Å². The van der Waals surface area contributed by atoms with E-state index in [9.17, 15) is 4.79 Å². The summed E-state index contributed by atoms with van der Waals surface area (Å²) in [5, 5.41) is 10.3. The summed E-state index contributed by atoms with van der Waals surface area (Å²) in [4.78, 5) is 17.9. The average Bonchev–Trinajstić information content (AvgIpc) is 3.22. The molecular formula is C18H21N5O4S2. The molecule has 2 aromatic heterocycles. The highest BCUT2D eigenvalue weighted by Gasteiger charge is 2.20. The SMILES string of the molecule is COc1ccc(CC(=O)Nc2nc(C)c(-c3n[nH]c(=S)n3C)s2)c(OC)c1OC. The monoisotopic (exact) mass is 435 g/mol. The highest BCUT2D eigenvalue weighted by atomic mass is 32.1. The lowest BCUT2D eigenvalue weighted by Gasteiger charge is -2.15. The fraction of sp³-hybridized carbons (Fsp3) is 0.333. The lowest BCUT2D eigenvalue weighted by atomic mass is 10.1. The number of amides is 1. The number of nitrogens with zero attached hydrogens (tertiary/aromatic N) is 3. The molecule has 1 aromatic carbocycles. The molecule has 0 fully saturated rings. The zero-order valence-electron chi connectivity index (χ0n) is 16.7. The van der Waals surface area contributed by atoms with Crippen molar-refractivity contribution in [1.29, 1.82) is 0 Å². The minimum Gasteiger partial charge on any atom is -0.493 e.